The fraction of sp³-hybridized carbons (Fsp3) is 0.636. The fourth-order valence-electron chi connectivity index (χ4n) is 1.38. The lowest BCUT2D eigenvalue weighted by molar-refractivity contribution is 0.405. The zero-order valence-corrected chi connectivity index (χ0v) is 10.2. The Labute approximate surface area is 95.9 Å². The van der Waals surface area contributed by atoms with Crippen LogP contribution in [0.5, 0.6) is 0 Å². The van der Waals surface area contributed by atoms with Gasteiger partial charge in [0.2, 0.25) is 0 Å². The molecule has 0 aliphatic carbocycles. The molecular formula is C11H20N4O. The number of nitrogens with zero attached hydrogens (tertiary/aromatic N) is 2. The molecule has 0 atom stereocenters. The quantitative estimate of drug-likeness (QED) is 0.698. The van der Waals surface area contributed by atoms with E-state index in [1.54, 1.807) is 0 Å². The molecule has 0 unspecified atom stereocenters. The molecule has 1 aromatic heterocycles. The van der Waals surface area contributed by atoms with Gasteiger partial charge in [-0.05, 0) is 27.1 Å². The molecule has 2 N–H and O–H groups in total. The largest absolute Gasteiger partial charge is 0.370 e. The van der Waals surface area contributed by atoms with E-state index in [4.69, 9.17) is 0 Å². The van der Waals surface area contributed by atoms with Gasteiger partial charge in [-0.2, -0.15) is 0 Å². The molecule has 1 aromatic rings. The van der Waals surface area contributed by atoms with Crippen molar-refractivity contribution in [3.8, 4) is 0 Å². The van der Waals surface area contributed by atoms with Gasteiger partial charge in [0.05, 0.1) is 0 Å². The minimum atomic E-state index is -0.0954. The summed E-state index contributed by atoms with van der Waals surface area (Å²) in [4.78, 5) is 20.4. The third kappa shape index (κ3) is 4.44. The van der Waals surface area contributed by atoms with Crippen LogP contribution in [0.15, 0.2) is 10.9 Å². The van der Waals surface area contributed by atoms with Gasteiger partial charge < -0.3 is 15.2 Å². The zero-order valence-electron chi connectivity index (χ0n) is 10.2. The molecule has 0 aliphatic heterocycles. The van der Waals surface area contributed by atoms with Crippen molar-refractivity contribution >= 4 is 5.82 Å². The predicted octanol–water partition coefficient (Wildman–Crippen LogP) is 0.696. The third-order valence-electron chi connectivity index (χ3n) is 2.21. The first-order chi connectivity index (χ1) is 7.61. The molecule has 5 nitrogen and oxygen atoms in total. The Hall–Kier alpha value is -1.36. The van der Waals surface area contributed by atoms with Crippen LogP contribution < -0.4 is 10.9 Å². The first kappa shape index (κ1) is 12.7. The summed E-state index contributed by atoms with van der Waals surface area (Å²) in [7, 11) is 4.08. The van der Waals surface area contributed by atoms with Crippen LogP contribution in [0.4, 0.5) is 5.82 Å². The number of hydrogen-bond donors (Lipinski definition) is 2. The smallest absolute Gasteiger partial charge is 0.252 e. The highest BCUT2D eigenvalue weighted by atomic mass is 16.1. The molecule has 0 aromatic carbocycles. The highest BCUT2D eigenvalue weighted by molar-refractivity contribution is 5.32. The van der Waals surface area contributed by atoms with Gasteiger partial charge in [0, 0.05) is 19.0 Å². The fourth-order valence-corrected chi connectivity index (χ4v) is 1.38. The van der Waals surface area contributed by atoms with Gasteiger partial charge in [-0.3, -0.25) is 4.79 Å². The molecule has 0 fully saturated rings. The maximum absolute atomic E-state index is 11.3. The van der Waals surface area contributed by atoms with Gasteiger partial charge >= 0.3 is 0 Å². The summed E-state index contributed by atoms with van der Waals surface area (Å²) >= 11 is 0. The molecule has 0 radical (unpaired) electrons. The summed E-state index contributed by atoms with van der Waals surface area (Å²) in [5.41, 5.74) is -0.0954. The second-order valence-electron chi connectivity index (χ2n) is 4.01. The van der Waals surface area contributed by atoms with Crippen molar-refractivity contribution in [2.75, 3.05) is 32.5 Å². The number of aromatic nitrogens is 2. The van der Waals surface area contributed by atoms with Crippen molar-refractivity contribution in [1.29, 1.82) is 0 Å². The van der Waals surface area contributed by atoms with Gasteiger partial charge in [-0.25, -0.2) is 4.98 Å². The van der Waals surface area contributed by atoms with E-state index < -0.39 is 0 Å². The van der Waals surface area contributed by atoms with Gasteiger partial charge in [-0.1, -0.05) is 6.92 Å². The van der Waals surface area contributed by atoms with Gasteiger partial charge in [0.1, 0.15) is 11.6 Å². The number of anilines is 1. The lowest BCUT2D eigenvalue weighted by Crippen LogP contribution is -2.18. The van der Waals surface area contributed by atoms with Crippen LogP contribution in [0.2, 0.25) is 0 Å². The number of aromatic amines is 1. The number of nitrogens with one attached hydrogen (secondary N) is 2. The van der Waals surface area contributed by atoms with Crippen molar-refractivity contribution in [1.82, 2.24) is 14.9 Å². The Morgan fingerprint density at radius 3 is 2.88 bits per heavy atom. The minimum absolute atomic E-state index is 0.0954. The van der Waals surface area contributed by atoms with E-state index >= 15 is 0 Å². The molecule has 90 valence electrons. The van der Waals surface area contributed by atoms with Gasteiger partial charge in [-0.15, -0.1) is 0 Å². The molecule has 0 spiro atoms. The minimum Gasteiger partial charge on any atom is -0.370 e. The summed E-state index contributed by atoms with van der Waals surface area (Å²) in [5, 5.41) is 3.16. The lowest BCUT2D eigenvalue weighted by atomic mass is 10.4. The van der Waals surface area contributed by atoms with Gasteiger partial charge in [0.25, 0.3) is 5.56 Å². The third-order valence-corrected chi connectivity index (χ3v) is 2.21. The predicted molar refractivity (Wildman–Crippen MR) is 65.9 cm³/mol. The van der Waals surface area contributed by atoms with Crippen LogP contribution in [0, 0.1) is 0 Å². The molecule has 5 heteroatoms. The Kier molecular flexibility index (Phi) is 4.98. The second kappa shape index (κ2) is 6.27. The Morgan fingerprint density at radius 1 is 1.50 bits per heavy atom. The maximum atomic E-state index is 11.3. The highest BCUT2D eigenvalue weighted by Crippen LogP contribution is 1.99. The van der Waals surface area contributed by atoms with E-state index in [0.29, 0.717) is 5.82 Å². The molecule has 0 saturated carbocycles. The molecule has 0 aliphatic rings. The summed E-state index contributed by atoms with van der Waals surface area (Å²) in [6.07, 6.45) is 1.77. The monoisotopic (exact) mass is 224 g/mol. The van der Waals surface area contributed by atoms with Crippen LogP contribution in [0.25, 0.3) is 0 Å². The average Bonchev–Trinajstić information content (AvgIpc) is 2.23. The molecule has 0 bridgehead atoms. The SMILES string of the molecule is CCc1nc(NCCCN(C)C)cc(=O)[nH]1. The van der Waals surface area contributed by atoms with Crippen molar-refractivity contribution < 1.29 is 0 Å². The summed E-state index contributed by atoms with van der Waals surface area (Å²) in [5.74, 6) is 1.39. The molecule has 1 rings (SSSR count). The Balaban J connectivity index is 2.47. The van der Waals surface area contributed by atoms with Crippen molar-refractivity contribution in [2.45, 2.75) is 19.8 Å². The number of rotatable bonds is 6. The summed E-state index contributed by atoms with van der Waals surface area (Å²) < 4.78 is 0. The Morgan fingerprint density at radius 2 is 2.25 bits per heavy atom. The summed E-state index contributed by atoms with van der Waals surface area (Å²) in [6, 6.07) is 1.49. The second-order valence-corrected chi connectivity index (χ2v) is 4.01. The standard InChI is InChI=1S/C11H20N4O/c1-4-9-13-10(8-11(16)14-9)12-6-5-7-15(2)3/h8H,4-7H2,1-3H3,(H2,12,13,14,16). The van der Waals surface area contributed by atoms with E-state index in [2.05, 4.69) is 20.2 Å². The Bertz CT molecular complexity index is 372. The van der Waals surface area contributed by atoms with Gasteiger partial charge in [0.15, 0.2) is 0 Å². The zero-order chi connectivity index (χ0) is 12.0. The maximum Gasteiger partial charge on any atom is 0.252 e. The van der Waals surface area contributed by atoms with E-state index in [-0.39, 0.29) is 5.56 Å². The van der Waals surface area contributed by atoms with Crippen molar-refractivity contribution in [3.63, 3.8) is 0 Å². The van der Waals surface area contributed by atoms with Crippen LogP contribution >= 0.6 is 0 Å². The first-order valence-corrected chi connectivity index (χ1v) is 5.60. The van der Waals surface area contributed by atoms with Crippen molar-refractivity contribution in [2.24, 2.45) is 0 Å². The topological polar surface area (TPSA) is 61.0 Å². The number of H-pyrrole nitrogens is 1. The normalized spacial score (nSPS) is 10.8. The highest BCUT2D eigenvalue weighted by Gasteiger charge is 1.99. The molecule has 16 heavy (non-hydrogen) atoms. The molecule has 0 saturated heterocycles. The average molecular weight is 224 g/mol. The van der Waals surface area contributed by atoms with E-state index in [9.17, 15) is 4.79 Å². The van der Waals surface area contributed by atoms with E-state index in [0.717, 1.165) is 31.8 Å². The van der Waals surface area contributed by atoms with Crippen LogP contribution in [0.1, 0.15) is 19.2 Å². The molecular weight excluding hydrogens is 204 g/mol. The molecule has 0 amide bonds. The van der Waals surface area contributed by atoms with Crippen LogP contribution in [-0.4, -0.2) is 42.1 Å². The van der Waals surface area contributed by atoms with E-state index in [1.807, 2.05) is 21.0 Å². The first-order valence-electron chi connectivity index (χ1n) is 5.60. The summed E-state index contributed by atoms with van der Waals surface area (Å²) in [6.45, 7) is 3.82. The van der Waals surface area contributed by atoms with Crippen LogP contribution in [0.3, 0.4) is 0 Å². The lowest BCUT2D eigenvalue weighted by Gasteiger charge is -2.10. The number of aryl methyl sites for hydroxylation is 1. The van der Waals surface area contributed by atoms with Crippen molar-refractivity contribution in [3.05, 3.63) is 22.2 Å². The van der Waals surface area contributed by atoms with Crippen LogP contribution in [-0.2, 0) is 6.42 Å². The molecule has 1 heterocycles. The number of hydrogen-bond acceptors (Lipinski definition) is 4. The van der Waals surface area contributed by atoms with E-state index in [1.165, 1.54) is 6.07 Å².